The van der Waals surface area contributed by atoms with E-state index in [-0.39, 0.29) is 12.4 Å². The topological polar surface area (TPSA) is 45.9 Å². The van der Waals surface area contributed by atoms with Crippen molar-refractivity contribution in [1.29, 1.82) is 5.26 Å². The standard InChI is InChI=1S/C12H10N2O.ClH/c1-15-11-3-2-9-7-14-8-10(4-5-13)12(9)6-11;/h2-3,6-8H,4H2,1H3;1H. The lowest BCUT2D eigenvalue weighted by Gasteiger charge is -2.04. The molecule has 0 bridgehead atoms. The second kappa shape index (κ2) is 5.34. The van der Waals surface area contributed by atoms with E-state index in [0.29, 0.717) is 6.42 Å². The number of nitrogens with zero attached hydrogens (tertiary/aromatic N) is 2. The van der Waals surface area contributed by atoms with Gasteiger partial charge in [0.05, 0.1) is 19.6 Å². The monoisotopic (exact) mass is 234 g/mol. The Labute approximate surface area is 100 Å². The van der Waals surface area contributed by atoms with Gasteiger partial charge in [-0.2, -0.15) is 5.26 Å². The Balaban J connectivity index is 0.00000128. The molecule has 0 aliphatic heterocycles. The number of benzene rings is 1. The van der Waals surface area contributed by atoms with Crippen LogP contribution in [0.5, 0.6) is 5.75 Å². The molecule has 0 atom stereocenters. The summed E-state index contributed by atoms with van der Waals surface area (Å²) in [4.78, 5) is 4.10. The maximum absolute atomic E-state index is 8.70. The first kappa shape index (κ1) is 12.3. The molecular weight excluding hydrogens is 224 g/mol. The highest BCUT2D eigenvalue weighted by atomic mass is 35.5. The van der Waals surface area contributed by atoms with Crippen LogP contribution in [-0.2, 0) is 6.42 Å². The molecule has 0 aliphatic carbocycles. The van der Waals surface area contributed by atoms with Gasteiger partial charge in [-0.25, -0.2) is 0 Å². The molecule has 0 unspecified atom stereocenters. The normalized spacial score (nSPS) is 9.25. The lowest BCUT2D eigenvalue weighted by molar-refractivity contribution is 0.415. The van der Waals surface area contributed by atoms with E-state index in [4.69, 9.17) is 10.00 Å². The fraction of sp³-hybridized carbons (Fsp3) is 0.167. The van der Waals surface area contributed by atoms with Gasteiger partial charge in [-0.15, -0.1) is 12.4 Å². The van der Waals surface area contributed by atoms with Crippen molar-refractivity contribution in [2.45, 2.75) is 6.42 Å². The van der Waals surface area contributed by atoms with E-state index in [1.165, 1.54) is 0 Å². The number of hydrogen-bond acceptors (Lipinski definition) is 3. The average Bonchev–Trinajstić information content (AvgIpc) is 2.29. The zero-order valence-electron chi connectivity index (χ0n) is 8.80. The quantitative estimate of drug-likeness (QED) is 0.803. The molecule has 1 heterocycles. The summed E-state index contributed by atoms with van der Waals surface area (Å²) in [5.74, 6) is 0.799. The Hall–Kier alpha value is -1.79. The third-order valence-electron chi connectivity index (χ3n) is 2.32. The molecule has 1 aromatic heterocycles. The van der Waals surface area contributed by atoms with Crippen molar-refractivity contribution in [3.05, 3.63) is 36.2 Å². The Morgan fingerprint density at radius 3 is 2.88 bits per heavy atom. The summed E-state index contributed by atoms with van der Waals surface area (Å²) in [5.41, 5.74) is 0.939. The Morgan fingerprint density at radius 2 is 2.19 bits per heavy atom. The van der Waals surface area contributed by atoms with Crippen molar-refractivity contribution in [3.63, 3.8) is 0 Å². The van der Waals surface area contributed by atoms with Crippen LogP contribution < -0.4 is 4.74 Å². The highest BCUT2D eigenvalue weighted by molar-refractivity contribution is 5.86. The van der Waals surface area contributed by atoms with E-state index in [1.807, 2.05) is 18.2 Å². The molecule has 0 spiro atoms. The van der Waals surface area contributed by atoms with Crippen molar-refractivity contribution in [1.82, 2.24) is 4.98 Å². The Morgan fingerprint density at radius 1 is 1.38 bits per heavy atom. The number of ether oxygens (including phenoxy) is 1. The maximum atomic E-state index is 8.70. The van der Waals surface area contributed by atoms with E-state index in [0.717, 1.165) is 22.1 Å². The van der Waals surface area contributed by atoms with Gasteiger partial charge in [-0.1, -0.05) is 0 Å². The summed E-state index contributed by atoms with van der Waals surface area (Å²) in [6, 6.07) is 7.90. The number of halogens is 1. The molecule has 0 fully saturated rings. The van der Waals surface area contributed by atoms with Crippen LogP contribution in [0, 0.1) is 11.3 Å². The van der Waals surface area contributed by atoms with Crippen LogP contribution >= 0.6 is 12.4 Å². The number of aromatic nitrogens is 1. The molecule has 2 rings (SSSR count). The first-order chi connectivity index (χ1) is 7.35. The SMILES string of the molecule is COc1ccc2cncc(CC#N)c2c1.Cl. The molecule has 82 valence electrons. The van der Waals surface area contributed by atoms with Crippen LogP contribution in [-0.4, -0.2) is 12.1 Å². The Kier molecular flexibility index (Phi) is 4.10. The molecule has 16 heavy (non-hydrogen) atoms. The van der Waals surface area contributed by atoms with Crippen molar-refractivity contribution < 1.29 is 4.74 Å². The van der Waals surface area contributed by atoms with Gasteiger partial charge in [-0.3, -0.25) is 4.98 Å². The average molecular weight is 235 g/mol. The lowest BCUT2D eigenvalue weighted by atomic mass is 10.1. The molecule has 1 aromatic carbocycles. The van der Waals surface area contributed by atoms with E-state index < -0.39 is 0 Å². The molecule has 0 radical (unpaired) electrons. The second-order valence-electron chi connectivity index (χ2n) is 3.22. The minimum absolute atomic E-state index is 0. The molecule has 4 heteroatoms. The van der Waals surface area contributed by atoms with Crippen LogP contribution in [0.4, 0.5) is 0 Å². The molecule has 0 amide bonds. The number of hydrogen-bond donors (Lipinski definition) is 0. The fourth-order valence-corrected chi connectivity index (χ4v) is 1.56. The first-order valence-corrected chi connectivity index (χ1v) is 4.62. The van der Waals surface area contributed by atoms with E-state index in [2.05, 4.69) is 11.1 Å². The van der Waals surface area contributed by atoms with E-state index in [1.54, 1.807) is 19.5 Å². The second-order valence-corrected chi connectivity index (χ2v) is 3.22. The number of rotatable bonds is 2. The van der Waals surface area contributed by atoms with Crippen molar-refractivity contribution >= 4 is 23.2 Å². The van der Waals surface area contributed by atoms with Gasteiger partial charge < -0.3 is 4.74 Å². The Bertz CT molecular complexity index is 534. The van der Waals surface area contributed by atoms with Gasteiger partial charge in [0.25, 0.3) is 0 Å². The minimum Gasteiger partial charge on any atom is -0.497 e. The van der Waals surface area contributed by atoms with Crippen LogP contribution in [0.15, 0.2) is 30.6 Å². The third kappa shape index (κ3) is 2.23. The van der Waals surface area contributed by atoms with Crippen LogP contribution in [0.25, 0.3) is 10.8 Å². The molecule has 3 nitrogen and oxygen atoms in total. The number of methoxy groups -OCH3 is 1. The van der Waals surface area contributed by atoms with Gasteiger partial charge in [0.2, 0.25) is 0 Å². The van der Waals surface area contributed by atoms with Crippen molar-refractivity contribution in [3.8, 4) is 11.8 Å². The summed E-state index contributed by atoms with van der Waals surface area (Å²) in [7, 11) is 1.63. The largest absolute Gasteiger partial charge is 0.497 e. The zero-order valence-corrected chi connectivity index (χ0v) is 9.62. The lowest BCUT2D eigenvalue weighted by Crippen LogP contribution is -1.89. The minimum atomic E-state index is 0. The number of pyridine rings is 1. The highest BCUT2D eigenvalue weighted by Crippen LogP contribution is 2.23. The highest BCUT2D eigenvalue weighted by Gasteiger charge is 2.02. The van der Waals surface area contributed by atoms with Crippen LogP contribution in [0.2, 0.25) is 0 Å². The van der Waals surface area contributed by atoms with Crippen molar-refractivity contribution in [2.24, 2.45) is 0 Å². The molecular formula is C12H11ClN2O. The summed E-state index contributed by atoms with van der Waals surface area (Å²) in [6.07, 6.45) is 3.89. The molecule has 0 saturated carbocycles. The third-order valence-corrected chi connectivity index (χ3v) is 2.32. The zero-order chi connectivity index (χ0) is 10.7. The van der Waals surface area contributed by atoms with E-state index in [9.17, 15) is 0 Å². The van der Waals surface area contributed by atoms with Gasteiger partial charge in [0, 0.05) is 17.8 Å². The summed E-state index contributed by atoms with van der Waals surface area (Å²) < 4.78 is 5.15. The van der Waals surface area contributed by atoms with E-state index >= 15 is 0 Å². The molecule has 0 saturated heterocycles. The molecule has 0 aliphatic rings. The first-order valence-electron chi connectivity index (χ1n) is 4.62. The van der Waals surface area contributed by atoms with Gasteiger partial charge in [0.1, 0.15) is 5.75 Å². The number of nitriles is 1. The van der Waals surface area contributed by atoms with Crippen LogP contribution in [0.3, 0.4) is 0 Å². The van der Waals surface area contributed by atoms with Gasteiger partial charge in [0.15, 0.2) is 0 Å². The summed E-state index contributed by atoms with van der Waals surface area (Å²) in [5, 5.41) is 10.8. The summed E-state index contributed by atoms with van der Waals surface area (Å²) in [6.45, 7) is 0. The van der Waals surface area contributed by atoms with Crippen molar-refractivity contribution in [2.75, 3.05) is 7.11 Å². The maximum Gasteiger partial charge on any atom is 0.119 e. The molecule has 2 aromatic rings. The van der Waals surface area contributed by atoms with Crippen LogP contribution in [0.1, 0.15) is 5.56 Å². The predicted molar refractivity (Wildman–Crippen MR) is 64.9 cm³/mol. The summed E-state index contributed by atoms with van der Waals surface area (Å²) >= 11 is 0. The molecule has 0 N–H and O–H groups in total. The predicted octanol–water partition coefficient (Wildman–Crippen LogP) is 2.73. The fourth-order valence-electron chi connectivity index (χ4n) is 1.56. The van der Waals surface area contributed by atoms with Gasteiger partial charge in [-0.05, 0) is 29.1 Å². The smallest absolute Gasteiger partial charge is 0.119 e. The number of fused-ring (bicyclic) bond motifs is 1. The van der Waals surface area contributed by atoms with Gasteiger partial charge >= 0.3 is 0 Å².